The molecule has 0 bridgehead atoms. The molecule has 122 valence electrons. The number of alkyl halides is 3. The highest BCUT2D eigenvalue weighted by molar-refractivity contribution is 7.90. The summed E-state index contributed by atoms with van der Waals surface area (Å²) in [6, 6.07) is 0. The van der Waals surface area contributed by atoms with Gasteiger partial charge >= 0.3 is 0 Å². The Balaban J connectivity index is 2.08. The maximum absolute atomic E-state index is 14.1. The van der Waals surface area contributed by atoms with E-state index in [1.165, 1.54) is 0 Å². The minimum absolute atomic E-state index is 0.126. The molecule has 0 unspecified atom stereocenters. The van der Waals surface area contributed by atoms with Gasteiger partial charge in [0.1, 0.15) is 24.1 Å². The lowest BCUT2D eigenvalue weighted by molar-refractivity contribution is 0.0352. The van der Waals surface area contributed by atoms with Crippen molar-refractivity contribution in [1.82, 2.24) is 4.98 Å². The van der Waals surface area contributed by atoms with Crippen LogP contribution in [0.4, 0.5) is 13.2 Å². The SMILES string of the molecule is CS(=O)(=O)c1ncc(O[C@H]2C[C@H](F)C2)c2c1[C@H](O)[C@H](F)[C@@H]2F. The van der Waals surface area contributed by atoms with E-state index in [0.717, 1.165) is 12.5 Å². The van der Waals surface area contributed by atoms with Crippen LogP contribution in [0.1, 0.15) is 36.2 Å². The van der Waals surface area contributed by atoms with Crippen molar-refractivity contribution in [1.29, 1.82) is 0 Å². The Morgan fingerprint density at radius 1 is 1.27 bits per heavy atom. The smallest absolute Gasteiger partial charge is 0.193 e. The second-order valence-corrected chi connectivity index (χ2v) is 7.56. The number of halogens is 3. The molecule has 1 aromatic rings. The molecule has 1 N–H and O–H groups in total. The number of fused-ring (bicyclic) bond motifs is 1. The quantitative estimate of drug-likeness (QED) is 0.909. The average molecular weight is 337 g/mol. The lowest BCUT2D eigenvalue weighted by Crippen LogP contribution is -2.35. The maximum atomic E-state index is 14.1. The van der Waals surface area contributed by atoms with Crippen molar-refractivity contribution in [2.45, 2.75) is 48.6 Å². The van der Waals surface area contributed by atoms with E-state index < -0.39 is 51.1 Å². The molecule has 0 radical (unpaired) electrons. The first-order valence-electron chi connectivity index (χ1n) is 6.70. The van der Waals surface area contributed by atoms with Crippen LogP contribution in [-0.4, -0.2) is 43.2 Å². The summed E-state index contributed by atoms with van der Waals surface area (Å²) < 4.78 is 69.5. The number of rotatable bonds is 3. The Hall–Kier alpha value is -1.35. The molecular weight excluding hydrogens is 323 g/mol. The van der Waals surface area contributed by atoms with Gasteiger partial charge in [-0.1, -0.05) is 0 Å². The van der Waals surface area contributed by atoms with Crippen molar-refractivity contribution in [3.8, 4) is 5.75 Å². The topological polar surface area (TPSA) is 76.5 Å². The van der Waals surface area contributed by atoms with Crippen molar-refractivity contribution in [3.63, 3.8) is 0 Å². The van der Waals surface area contributed by atoms with Gasteiger partial charge in [0.05, 0.1) is 6.20 Å². The number of ether oxygens (including phenoxy) is 1. The molecule has 2 aliphatic carbocycles. The van der Waals surface area contributed by atoms with Crippen LogP contribution >= 0.6 is 0 Å². The fraction of sp³-hybridized carbons (Fsp3) is 0.615. The maximum Gasteiger partial charge on any atom is 0.193 e. The highest BCUT2D eigenvalue weighted by Gasteiger charge is 2.47. The van der Waals surface area contributed by atoms with Gasteiger partial charge in [0.15, 0.2) is 27.2 Å². The summed E-state index contributed by atoms with van der Waals surface area (Å²) in [5.74, 6) is -0.147. The largest absolute Gasteiger partial charge is 0.488 e. The van der Waals surface area contributed by atoms with Gasteiger partial charge in [0, 0.05) is 30.2 Å². The molecule has 2 aliphatic rings. The van der Waals surface area contributed by atoms with Crippen LogP contribution in [0.5, 0.6) is 5.75 Å². The number of sulfone groups is 1. The normalized spacial score (nSPS) is 34.1. The second-order valence-electron chi connectivity index (χ2n) is 5.63. The Morgan fingerprint density at radius 2 is 1.91 bits per heavy atom. The van der Waals surface area contributed by atoms with Crippen molar-refractivity contribution >= 4 is 9.84 Å². The second kappa shape index (κ2) is 5.09. The van der Waals surface area contributed by atoms with E-state index in [4.69, 9.17) is 4.74 Å². The zero-order chi connectivity index (χ0) is 16.2. The van der Waals surface area contributed by atoms with Crippen LogP contribution in [-0.2, 0) is 9.84 Å². The summed E-state index contributed by atoms with van der Waals surface area (Å²) in [4.78, 5) is 3.67. The van der Waals surface area contributed by atoms with E-state index in [1.54, 1.807) is 0 Å². The molecule has 1 heterocycles. The molecule has 1 fully saturated rings. The summed E-state index contributed by atoms with van der Waals surface area (Å²) in [5, 5.41) is 9.23. The molecule has 0 aromatic carbocycles. The van der Waals surface area contributed by atoms with E-state index in [1.807, 2.05) is 0 Å². The van der Waals surface area contributed by atoms with Gasteiger partial charge < -0.3 is 9.84 Å². The third-order valence-electron chi connectivity index (χ3n) is 3.92. The highest BCUT2D eigenvalue weighted by atomic mass is 32.2. The molecule has 0 aliphatic heterocycles. The van der Waals surface area contributed by atoms with Gasteiger partial charge in [-0.25, -0.2) is 26.6 Å². The molecule has 3 atom stereocenters. The number of hydrogen-bond acceptors (Lipinski definition) is 5. The molecule has 0 amide bonds. The van der Waals surface area contributed by atoms with Crippen LogP contribution in [0.15, 0.2) is 11.2 Å². The van der Waals surface area contributed by atoms with Gasteiger partial charge in [-0.2, -0.15) is 0 Å². The molecule has 0 saturated heterocycles. The summed E-state index contributed by atoms with van der Waals surface area (Å²) in [7, 11) is -3.87. The van der Waals surface area contributed by atoms with E-state index in [-0.39, 0.29) is 24.2 Å². The first kappa shape index (κ1) is 15.5. The Kier molecular flexibility index (Phi) is 3.59. The van der Waals surface area contributed by atoms with Crippen LogP contribution in [0, 0.1) is 0 Å². The number of nitrogens with zero attached hydrogens (tertiary/aromatic N) is 1. The van der Waals surface area contributed by atoms with Gasteiger partial charge in [-0.05, 0) is 0 Å². The minimum Gasteiger partial charge on any atom is -0.488 e. The molecule has 9 heteroatoms. The van der Waals surface area contributed by atoms with E-state index in [2.05, 4.69) is 4.98 Å². The molecule has 3 rings (SSSR count). The van der Waals surface area contributed by atoms with Crippen molar-refractivity contribution in [2.75, 3.05) is 6.26 Å². The summed E-state index contributed by atoms with van der Waals surface area (Å²) in [6.07, 6.45) is -5.86. The van der Waals surface area contributed by atoms with E-state index >= 15 is 0 Å². The summed E-state index contributed by atoms with van der Waals surface area (Å²) in [5.41, 5.74) is -0.756. The third-order valence-corrected chi connectivity index (χ3v) is 4.95. The fourth-order valence-electron chi connectivity index (χ4n) is 2.72. The summed E-state index contributed by atoms with van der Waals surface area (Å²) in [6.45, 7) is 0. The van der Waals surface area contributed by atoms with Crippen molar-refractivity contribution in [3.05, 3.63) is 17.3 Å². The van der Waals surface area contributed by atoms with Crippen LogP contribution in [0.3, 0.4) is 0 Å². The Labute approximate surface area is 125 Å². The molecule has 22 heavy (non-hydrogen) atoms. The molecule has 1 saturated carbocycles. The number of hydrogen-bond donors (Lipinski definition) is 1. The minimum atomic E-state index is -3.87. The molecule has 5 nitrogen and oxygen atoms in total. The van der Waals surface area contributed by atoms with Crippen molar-refractivity contribution < 1.29 is 31.4 Å². The van der Waals surface area contributed by atoms with Crippen LogP contribution in [0.25, 0.3) is 0 Å². The molecular formula is C13H14F3NO4S. The Bertz CT molecular complexity index is 705. The lowest BCUT2D eigenvalue weighted by Gasteiger charge is -2.30. The van der Waals surface area contributed by atoms with Crippen LogP contribution in [0.2, 0.25) is 0 Å². The van der Waals surface area contributed by atoms with Crippen molar-refractivity contribution in [2.24, 2.45) is 0 Å². The number of aliphatic hydroxyl groups excluding tert-OH is 1. The standard InChI is InChI=1S/C13H14F3NO4S/c1-22(19,20)13-9-8(10(15)11(16)12(9)18)7(4-17-13)21-6-2-5(14)3-6/h4-6,10-12,18H,2-3H2,1H3/t5-,6-,10-,11-,12+/m1/s1. The fourth-order valence-corrected chi connectivity index (χ4v) is 3.59. The predicted octanol–water partition coefficient (Wildman–Crippen LogP) is 1.76. The first-order valence-corrected chi connectivity index (χ1v) is 8.59. The molecule has 1 aromatic heterocycles. The monoisotopic (exact) mass is 337 g/mol. The molecule has 0 spiro atoms. The zero-order valence-electron chi connectivity index (χ0n) is 11.5. The lowest BCUT2D eigenvalue weighted by atomic mass is 9.93. The summed E-state index contributed by atoms with van der Waals surface area (Å²) >= 11 is 0. The van der Waals surface area contributed by atoms with E-state index in [0.29, 0.717) is 0 Å². The highest BCUT2D eigenvalue weighted by Crippen LogP contribution is 2.49. The van der Waals surface area contributed by atoms with E-state index in [9.17, 15) is 26.7 Å². The first-order chi connectivity index (χ1) is 10.2. The van der Waals surface area contributed by atoms with Crippen LogP contribution < -0.4 is 4.74 Å². The van der Waals surface area contributed by atoms with Gasteiger partial charge in [-0.3, -0.25) is 0 Å². The van der Waals surface area contributed by atoms with Gasteiger partial charge in [0.25, 0.3) is 0 Å². The number of pyridine rings is 1. The predicted molar refractivity (Wildman–Crippen MR) is 69.6 cm³/mol. The van der Waals surface area contributed by atoms with Gasteiger partial charge in [0.2, 0.25) is 0 Å². The number of aromatic nitrogens is 1. The Morgan fingerprint density at radius 3 is 2.45 bits per heavy atom. The number of aliphatic hydroxyl groups is 1. The average Bonchev–Trinajstić information content (AvgIpc) is 2.62. The van der Waals surface area contributed by atoms with Gasteiger partial charge in [-0.15, -0.1) is 0 Å². The third kappa shape index (κ3) is 2.36. The zero-order valence-corrected chi connectivity index (χ0v) is 12.4.